The molecular formula is C21H21ClN8. The molecule has 1 aromatic carbocycles. The van der Waals surface area contributed by atoms with Crippen molar-refractivity contribution in [3.63, 3.8) is 0 Å². The molecule has 8 nitrogen and oxygen atoms in total. The Hall–Kier alpha value is -3.36. The molecule has 9 heteroatoms. The van der Waals surface area contributed by atoms with E-state index in [2.05, 4.69) is 33.5 Å². The van der Waals surface area contributed by atoms with Crippen molar-refractivity contribution < 1.29 is 0 Å². The van der Waals surface area contributed by atoms with E-state index in [1.807, 2.05) is 33.6 Å². The van der Waals surface area contributed by atoms with Crippen LogP contribution in [0.3, 0.4) is 0 Å². The van der Waals surface area contributed by atoms with Gasteiger partial charge in [-0.15, -0.1) is 5.10 Å². The van der Waals surface area contributed by atoms with Gasteiger partial charge < -0.3 is 5.73 Å². The summed E-state index contributed by atoms with van der Waals surface area (Å²) in [5, 5.41) is 10.8. The fraction of sp³-hybridized carbons (Fsp3) is 0.190. The number of halogens is 1. The van der Waals surface area contributed by atoms with E-state index in [4.69, 9.17) is 23.2 Å². The lowest BCUT2D eigenvalue weighted by Gasteiger charge is -2.21. The summed E-state index contributed by atoms with van der Waals surface area (Å²) in [6.07, 6.45) is 14.4. The number of rotatable bonds is 3. The highest BCUT2D eigenvalue weighted by atomic mass is 35.5. The van der Waals surface area contributed by atoms with E-state index in [0.717, 1.165) is 41.3 Å². The first kappa shape index (κ1) is 18.7. The van der Waals surface area contributed by atoms with E-state index in [9.17, 15) is 0 Å². The molecule has 0 radical (unpaired) electrons. The molecule has 5 rings (SSSR count). The molecule has 0 unspecified atom stereocenters. The number of nitrogens with two attached hydrogens (primary N) is 2. The summed E-state index contributed by atoms with van der Waals surface area (Å²) < 4.78 is 3.84. The quantitative estimate of drug-likeness (QED) is 0.631. The van der Waals surface area contributed by atoms with E-state index in [-0.39, 0.29) is 0 Å². The Balaban J connectivity index is 1.56. The third kappa shape index (κ3) is 3.20. The van der Waals surface area contributed by atoms with Gasteiger partial charge in [0.25, 0.3) is 0 Å². The predicted molar refractivity (Wildman–Crippen MR) is 117 cm³/mol. The summed E-state index contributed by atoms with van der Waals surface area (Å²) in [5.41, 5.74) is 11.9. The average molecular weight is 421 g/mol. The summed E-state index contributed by atoms with van der Waals surface area (Å²) in [6, 6.07) is 5.57. The Morgan fingerprint density at radius 2 is 2.10 bits per heavy atom. The first-order valence-corrected chi connectivity index (χ1v) is 10.1. The van der Waals surface area contributed by atoms with Gasteiger partial charge in [0, 0.05) is 17.6 Å². The number of allylic oxidation sites excluding steroid dienone is 5. The van der Waals surface area contributed by atoms with Crippen LogP contribution in [0.15, 0.2) is 66.4 Å². The van der Waals surface area contributed by atoms with Crippen molar-refractivity contribution in [1.82, 2.24) is 24.5 Å². The van der Waals surface area contributed by atoms with Crippen molar-refractivity contribution in [3.8, 4) is 17.1 Å². The van der Waals surface area contributed by atoms with E-state index < -0.39 is 0 Å². The lowest BCUT2D eigenvalue weighted by Crippen LogP contribution is -2.31. The Kier molecular flexibility index (Phi) is 4.65. The number of hydrogen-bond acceptors (Lipinski definition) is 6. The highest BCUT2D eigenvalue weighted by Gasteiger charge is 2.26. The number of hydrazine groups is 1. The van der Waals surface area contributed by atoms with Gasteiger partial charge >= 0.3 is 0 Å². The highest BCUT2D eigenvalue weighted by Crippen LogP contribution is 2.36. The fourth-order valence-corrected chi connectivity index (χ4v) is 4.03. The molecule has 30 heavy (non-hydrogen) atoms. The number of aromatic nitrogens is 5. The summed E-state index contributed by atoms with van der Waals surface area (Å²) in [5.74, 6) is 6.35. The van der Waals surface area contributed by atoms with Crippen LogP contribution in [0.4, 0.5) is 5.69 Å². The van der Waals surface area contributed by atoms with Gasteiger partial charge in [0.2, 0.25) is 0 Å². The third-order valence-electron chi connectivity index (χ3n) is 5.37. The summed E-state index contributed by atoms with van der Waals surface area (Å²) in [4.78, 5) is 4.64. The van der Waals surface area contributed by atoms with Gasteiger partial charge in [0.15, 0.2) is 0 Å². The zero-order valence-electron chi connectivity index (χ0n) is 16.2. The second-order valence-electron chi connectivity index (χ2n) is 7.31. The van der Waals surface area contributed by atoms with Crippen LogP contribution in [0.2, 0.25) is 5.02 Å². The molecule has 0 amide bonds. The van der Waals surface area contributed by atoms with Gasteiger partial charge in [0.1, 0.15) is 17.7 Å². The molecule has 0 atom stereocenters. The van der Waals surface area contributed by atoms with Crippen molar-refractivity contribution >= 4 is 17.3 Å². The third-order valence-corrected chi connectivity index (χ3v) is 5.61. The Morgan fingerprint density at radius 1 is 1.20 bits per heavy atom. The molecule has 0 bridgehead atoms. The molecule has 0 saturated heterocycles. The van der Waals surface area contributed by atoms with Crippen molar-refractivity contribution in [2.45, 2.75) is 25.8 Å². The predicted octanol–water partition coefficient (Wildman–Crippen LogP) is 3.10. The van der Waals surface area contributed by atoms with Crippen molar-refractivity contribution in [3.05, 3.63) is 77.1 Å². The minimum Gasteiger partial charge on any atom is -0.403 e. The summed E-state index contributed by atoms with van der Waals surface area (Å²) in [7, 11) is 0. The second kappa shape index (κ2) is 7.47. The molecule has 3 aromatic rings. The van der Waals surface area contributed by atoms with Crippen molar-refractivity contribution in [1.29, 1.82) is 0 Å². The maximum absolute atomic E-state index is 6.35. The Bertz CT molecular complexity index is 1200. The van der Waals surface area contributed by atoms with Gasteiger partial charge in [-0.25, -0.2) is 15.5 Å². The smallest absolute Gasteiger partial charge is 0.133 e. The summed E-state index contributed by atoms with van der Waals surface area (Å²) in [6.45, 7) is 0.686. The molecule has 2 aromatic heterocycles. The molecule has 0 fully saturated rings. The number of imidazole rings is 1. The lowest BCUT2D eigenvalue weighted by molar-refractivity contribution is 0.645. The Morgan fingerprint density at radius 3 is 2.90 bits per heavy atom. The zero-order valence-corrected chi connectivity index (χ0v) is 17.0. The first-order valence-electron chi connectivity index (χ1n) is 9.72. The lowest BCUT2D eigenvalue weighted by atomic mass is 10.1. The number of nitrogens with zero attached hydrogens (tertiary/aromatic N) is 6. The van der Waals surface area contributed by atoms with Crippen molar-refractivity contribution in [2.24, 2.45) is 11.6 Å². The molecule has 0 saturated carbocycles. The molecular weight excluding hydrogens is 400 g/mol. The molecule has 4 N–H and O–H groups in total. The monoisotopic (exact) mass is 420 g/mol. The van der Waals surface area contributed by atoms with Gasteiger partial charge in [-0.2, -0.15) is 0 Å². The summed E-state index contributed by atoms with van der Waals surface area (Å²) >= 11 is 6.21. The Labute approximate surface area is 178 Å². The molecule has 1 aliphatic carbocycles. The van der Waals surface area contributed by atoms with Crippen LogP contribution >= 0.6 is 11.6 Å². The number of benzene rings is 1. The highest BCUT2D eigenvalue weighted by molar-refractivity contribution is 6.31. The standard InChI is InChI=1S/C21H21ClN8/c22-15-6-7-18-19(8-15)30(24)16(10-23)9-20-21(25-13-29(18)20)17-12-28(27-26-17)11-14-4-2-1-3-5-14/h2,4-8,10,12-13H,1,3,9,11,23-24H2/b16-10-. The molecule has 1 aliphatic heterocycles. The maximum atomic E-state index is 6.35. The minimum atomic E-state index is 0.495. The van der Waals surface area contributed by atoms with Gasteiger partial charge in [0.05, 0.1) is 35.5 Å². The van der Waals surface area contributed by atoms with Crippen LogP contribution < -0.4 is 16.6 Å². The molecule has 0 spiro atoms. The van der Waals surface area contributed by atoms with Crippen molar-refractivity contribution in [2.75, 3.05) is 5.01 Å². The van der Waals surface area contributed by atoms with Crippen LogP contribution in [0.5, 0.6) is 0 Å². The van der Waals surface area contributed by atoms with E-state index in [0.29, 0.717) is 23.7 Å². The topological polar surface area (TPSA) is 104 Å². The van der Waals surface area contributed by atoms with Gasteiger partial charge in [-0.1, -0.05) is 35.0 Å². The number of fused-ring (bicyclic) bond motifs is 3. The van der Waals surface area contributed by atoms with Crippen LogP contribution in [-0.4, -0.2) is 24.5 Å². The zero-order chi connectivity index (χ0) is 20.7. The molecule has 2 aliphatic rings. The van der Waals surface area contributed by atoms with E-state index in [1.54, 1.807) is 11.3 Å². The van der Waals surface area contributed by atoms with Crippen LogP contribution in [0.25, 0.3) is 17.1 Å². The number of hydrogen-bond donors (Lipinski definition) is 2. The van der Waals surface area contributed by atoms with Crippen LogP contribution in [0, 0.1) is 0 Å². The largest absolute Gasteiger partial charge is 0.403 e. The van der Waals surface area contributed by atoms with Crippen LogP contribution in [-0.2, 0) is 13.0 Å². The second-order valence-corrected chi connectivity index (χ2v) is 7.74. The fourth-order valence-electron chi connectivity index (χ4n) is 3.86. The van der Waals surface area contributed by atoms with Gasteiger partial charge in [-0.3, -0.25) is 9.58 Å². The van der Waals surface area contributed by atoms with E-state index >= 15 is 0 Å². The van der Waals surface area contributed by atoms with E-state index in [1.165, 1.54) is 11.8 Å². The number of anilines is 1. The minimum absolute atomic E-state index is 0.495. The SMILES string of the molecule is N/C=C1/Cc2c(-c3cn(CC4=CCCC=C4)nn3)ncn2-c2ccc(Cl)cc2N1N. The van der Waals surface area contributed by atoms with Crippen LogP contribution in [0.1, 0.15) is 18.5 Å². The van der Waals surface area contributed by atoms with Gasteiger partial charge in [-0.05, 0) is 36.6 Å². The molecule has 3 heterocycles. The average Bonchev–Trinajstić information content (AvgIpc) is 3.36. The molecule has 152 valence electrons. The maximum Gasteiger partial charge on any atom is 0.133 e. The first-order chi connectivity index (χ1) is 14.6. The normalized spacial score (nSPS) is 16.9.